The van der Waals surface area contributed by atoms with Gasteiger partial charge in [0.1, 0.15) is 0 Å². The number of thioether (sulfide) groups is 1. The second kappa shape index (κ2) is 7.77. The maximum absolute atomic E-state index is 13.0. The monoisotopic (exact) mass is 414 g/mol. The summed E-state index contributed by atoms with van der Waals surface area (Å²) in [5, 5.41) is 10.4. The largest absolute Gasteiger partial charge is 0.417 e. The fourth-order valence-electron chi connectivity index (χ4n) is 2.43. The summed E-state index contributed by atoms with van der Waals surface area (Å²) in [6.45, 7) is 1.85. The Morgan fingerprint density at radius 2 is 2.00 bits per heavy atom. The molecular weight excluding hydrogens is 401 g/mol. The molecule has 10 heteroatoms. The number of carbonyl (C=O) groups is 1. The van der Waals surface area contributed by atoms with Gasteiger partial charge in [0.05, 0.1) is 22.4 Å². The van der Waals surface area contributed by atoms with Crippen LogP contribution in [0.3, 0.4) is 0 Å². The van der Waals surface area contributed by atoms with Crippen LogP contribution in [0.4, 0.5) is 13.2 Å². The Labute approximate surface area is 161 Å². The van der Waals surface area contributed by atoms with E-state index in [0.717, 1.165) is 34.0 Å². The van der Waals surface area contributed by atoms with Crippen LogP contribution in [-0.4, -0.2) is 26.3 Å². The molecule has 0 aliphatic heterocycles. The maximum Gasteiger partial charge on any atom is 0.417 e. The number of benzene rings is 1. The summed E-state index contributed by atoms with van der Waals surface area (Å²) in [6.07, 6.45) is -3.68. The Balaban J connectivity index is 1.71. The van der Waals surface area contributed by atoms with E-state index < -0.39 is 11.7 Å². The summed E-state index contributed by atoms with van der Waals surface area (Å²) in [6, 6.07) is 10.0. The van der Waals surface area contributed by atoms with E-state index >= 15 is 0 Å². The molecule has 2 heterocycles. The van der Waals surface area contributed by atoms with Crippen molar-refractivity contribution in [2.45, 2.75) is 24.3 Å². The number of carbonyl (C=O) groups excluding carboxylic acids is 1. The maximum atomic E-state index is 13.0. The van der Waals surface area contributed by atoms with Crippen LogP contribution in [0.25, 0.3) is 5.65 Å². The van der Waals surface area contributed by atoms with Crippen molar-refractivity contribution < 1.29 is 18.0 Å². The smallest absolute Gasteiger partial charge is 0.349 e. The molecule has 142 valence electrons. The SMILES string of the molecule is C[C@@H](NC(=O)CSc1nnc2c(Cl)cc(C(F)(F)F)cn12)c1ccccc1. The minimum absolute atomic E-state index is 0.0220. The fourth-order valence-corrected chi connectivity index (χ4v) is 3.39. The second-order valence-corrected chi connectivity index (χ2v) is 7.09. The molecule has 5 nitrogen and oxygen atoms in total. The highest BCUT2D eigenvalue weighted by molar-refractivity contribution is 7.99. The van der Waals surface area contributed by atoms with Crippen LogP contribution in [0, 0.1) is 0 Å². The summed E-state index contributed by atoms with van der Waals surface area (Å²) >= 11 is 6.85. The second-order valence-electron chi connectivity index (χ2n) is 5.74. The molecule has 1 amide bonds. The summed E-state index contributed by atoms with van der Waals surface area (Å²) in [7, 11) is 0. The molecule has 27 heavy (non-hydrogen) atoms. The van der Waals surface area contributed by atoms with Gasteiger partial charge < -0.3 is 5.32 Å². The number of hydrogen-bond donors (Lipinski definition) is 1. The number of pyridine rings is 1. The fraction of sp³-hybridized carbons (Fsp3) is 0.235. The molecule has 0 saturated heterocycles. The van der Waals surface area contributed by atoms with Gasteiger partial charge in [-0.25, -0.2) is 0 Å². The van der Waals surface area contributed by atoms with E-state index in [9.17, 15) is 18.0 Å². The molecule has 0 saturated carbocycles. The van der Waals surface area contributed by atoms with Crippen LogP contribution < -0.4 is 5.32 Å². The van der Waals surface area contributed by atoms with Crippen LogP contribution >= 0.6 is 23.4 Å². The number of hydrogen-bond acceptors (Lipinski definition) is 4. The van der Waals surface area contributed by atoms with Gasteiger partial charge in [0.2, 0.25) is 5.91 Å². The molecule has 0 bridgehead atoms. The van der Waals surface area contributed by atoms with Crippen molar-refractivity contribution in [3.05, 3.63) is 58.7 Å². The normalized spacial score (nSPS) is 12.9. The Morgan fingerprint density at radius 3 is 2.67 bits per heavy atom. The Bertz CT molecular complexity index is 962. The van der Waals surface area contributed by atoms with E-state index in [1.165, 1.54) is 0 Å². The number of rotatable bonds is 5. The van der Waals surface area contributed by atoms with Gasteiger partial charge in [0.25, 0.3) is 0 Å². The molecule has 0 spiro atoms. The molecule has 1 atom stereocenters. The summed E-state index contributed by atoms with van der Waals surface area (Å²) < 4.78 is 40.0. The number of alkyl halides is 3. The highest BCUT2D eigenvalue weighted by atomic mass is 35.5. The first-order valence-corrected chi connectivity index (χ1v) is 9.20. The van der Waals surface area contributed by atoms with Crippen LogP contribution in [0.1, 0.15) is 24.1 Å². The van der Waals surface area contributed by atoms with Crippen LogP contribution in [-0.2, 0) is 11.0 Å². The van der Waals surface area contributed by atoms with Crippen molar-refractivity contribution in [1.82, 2.24) is 19.9 Å². The van der Waals surface area contributed by atoms with E-state index in [2.05, 4.69) is 15.5 Å². The first-order valence-electron chi connectivity index (χ1n) is 7.84. The molecule has 0 radical (unpaired) electrons. The lowest BCUT2D eigenvalue weighted by molar-refractivity contribution is -0.137. The van der Waals surface area contributed by atoms with E-state index in [-0.39, 0.29) is 33.5 Å². The third-order valence-corrected chi connectivity index (χ3v) is 4.99. The minimum Gasteiger partial charge on any atom is -0.349 e. The summed E-state index contributed by atoms with van der Waals surface area (Å²) in [5.74, 6) is -0.294. The number of amides is 1. The lowest BCUT2D eigenvalue weighted by Crippen LogP contribution is -2.28. The number of fused-ring (bicyclic) bond motifs is 1. The Hall–Kier alpha value is -2.26. The zero-order chi connectivity index (χ0) is 19.6. The zero-order valence-electron chi connectivity index (χ0n) is 14.0. The van der Waals surface area contributed by atoms with Crippen molar-refractivity contribution in [2.75, 3.05) is 5.75 Å². The number of aromatic nitrogens is 3. The van der Waals surface area contributed by atoms with Crippen molar-refractivity contribution in [1.29, 1.82) is 0 Å². The predicted octanol–water partition coefficient (Wildman–Crippen LogP) is 4.37. The summed E-state index contributed by atoms with van der Waals surface area (Å²) in [5.41, 5.74) is 0.138. The standard InChI is InChI=1S/C17H14ClF3N4OS/c1-10(11-5-3-2-4-6-11)22-14(26)9-27-16-24-23-15-13(18)7-12(8-25(15)16)17(19,20)21/h2-8,10H,9H2,1H3,(H,22,26)/t10-/m1/s1. The highest BCUT2D eigenvalue weighted by Gasteiger charge is 2.32. The molecule has 3 rings (SSSR count). The highest BCUT2D eigenvalue weighted by Crippen LogP contribution is 2.33. The third kappa shape index (κ3) is 4.54. The lowest BCUT2D eigenvalue weighted by atomic mass is 10.1. The topological polar surface area (TPSA) is 59.3 Å². The van der Waals surface area contributed by atoms with Gasteiger partial charge in [-0.1, -0.05) is 53.7 Å². The molecule has 0 aliphatic rings. The molecule has 1 aromatic carbocycles. The van der Waals surface area contributed by atoms with Crippen molar-refractivity contribution in [3.8, 4) is 0 Å². The van der Waals surface area contributed by atoms with E-state index in [1.807, 2.05) is 37.3 Å². The van der Waals surface area contributed by atoms with Crippen LogP contribution in [0.15, 0.2) is 47.8 Å². The predicted molar refractivity (Wildman–Crippen MR) is 96.7 cm³/mol. The number of nitrogens with zero attached hydrogens (tertiary/aromatic N) is 3. The third-order valence-electron chi connectivity index (χ3n) is 3.77. The van der Waals surface area contributed by atoms with Crippen molar-refractivity contribution in [2.24, 2.45) is 0 Å². The quantitative estimate of drug-likeness (QED) is 0.630. The van der Waals surface area contributed by atoms with Crippen molar-refractivity contribution >= 4 is 34.9 Å². The molecule has 2 aromatic heterocycles. The molecule has 0 unspecified atom stereocenters. The van der Waals surface area contributed by atoms with Gasteiger partial charge in [-0.05, 0) is 18.6 Å². The first-order chi connectivity index (χ1) is 12.8. The number of halogens is 4. The van der Waals surface area contributed by atoms with E-state index in [4.69, 9.17) is 11.6 Å². The van der Waals surface area contributed by atoms with Gasteiger partial charge in [-0.3, -0.25) is 9.20 Å². The molecule has 0 fully saturated rings. The Morgan fingerprint density at radius 1 is 1.30 bits per heavy atom. The van der Waals surface area contributed by atoms with Gasteiger partial charge in [0, 0.05) is 6.20 Å². The van der Waals surface area contributed by atoms with Gasteiger partial charge in [-0.2, -0.15) is 13.2 Å². The zero-order valence-corrected chi connectivity index (χ0v) is 15.6. The van der Waals surface area contributed by atoms with E-state index in [0.29, 0.717) is 0 Å². The van der Waals surface area contributed by atoms with Gasteiger partial charge >= 0.3 is 6.18 Å². The van der Waals surface area contributed by atoms with Crippen molar-refractivity contribution in [3.63, 3.8) is 0 Å². The minimum atomic E-state index is -4.55. The number of nitrogens with one attached hydrogen (secondary N) is 1. The molecular formula is C17H14ClF3N4OS. The molecule has 0 aliphatic carbocycles. The Kier molecular flexibility index (Phi) is 5.61. The summed E-state index contributed by atoms with van der Waals surface area (Å²) in [4.78, 5) is 12.2. The van der Waals surface area contributed by atoms with Crippen LogP contribution in [0.2, 0.25) is 5.02 Å². The van der Waals surface area contributed by atoms with Gasteiger partial charge in [-0.15, -0.1) is 10.2 Å². The lowest BCUT2D eigenvalue weighted by Gasteiger charge is -2.14. The average Bonchev–Trinajstić information content (AvgIpc) is 3.03. The molecule has 3 aromatic rings. The van der Waals surface area contributed by atoms with Crippen LogP contribution in [0.5, 0.6) is 0 Å². The van der Waals surface area contributed by atoms with Gasteiger partial charge in [0.15, 0.2) is 10.8 Å². The first kappa shape index (κ1) is 19.5. The average molecular weight is 415 g/mol. The van der Waals surface area contributed by atoms with E-state index in [1.54, 1.807) is 0 Å². The molecule has 1 N–H and O–H groups in total.